The van der Waals surface area contributed by atoms with Gasteiger partial charge >= 0.3 is 0 Å². The number of hydrogen-bond acceptors (Lipinski definition) is 3. The minimum absolute atomic E-state index is 1.01. The number of hydrazone groups is 1. The molecule has 2 aromatic carbocycles. The molecule has 0 spiro atoms. The maximum absolute atomic E-state index is 4.67. The molecule has 106 valence electrons. The number of anilines is 2. The van der Waals surface area contributed by atoms with E-state index < -0.39 is 0 Å². The van der Waals surface area contributed by atoms with Crippen LogP contribution in [0.25, 0.3) is 0 Å². The first-order chi connectivity index (χ1) is 10.4. The predicted molar refractivity (Wildman–Crippen MR) is 88.2 cm³/mol. The van der Waals surface area contributed by atoms with Crippen molar-refractivity contribution in [1.82, 2.24) is 0 Å². The van der Waals surface area contributed by atoms with Gasteiger partial charge in [0.05, 0.1) is 11.4 Å². The van der Waals surface area contributed by atoms with Crippen LogP contribution in [0.2, 0.25) is 0 Å². The van der Waals surface area contributed by atoms with Gasteiger partial charge in [-0.3, -0.25) is 5.43 Å². The van der Waals surface area contributed by atoms with E-state index >= 15 is 0 Å². The minimum Gasteiger partial charge on any atom is -0.370 e. The van der Waals surface area contributed by atoms with Gasteiger partial charge < -0.3 is 4.90 Å². The average Bonchev–Trinajstić information content (AvgIpc) is 2.56. The SMILES string of the molecule is c1ccc(NN=C2CCN3CCCc4cccc2c43)cc1. The van der Waals surface area contributed by atoms with Crippen LogP contribution in [-0.4, -0.2) is 18.8 Å². The van der Waals surface area contributed by atoms with Crippen LogP contribution in [0.4, 0.5) is 11.4 Å². The van der Waals surface area contributed by atoms with Gasteiger partial charge in [-0.2, -0.15) is 5.10 Å². The number of nitrogens with one attached hydrogen (secondary N) is 1. The molecule has 0 atom stereocenters. The number of benzene rings is 2. The molecule has 2 aliphatic rings. The molecule has 0 radical (unpaired) electrons. The lowest BCUT2D eigenvalue weighted by molar-refractivity contribution is 0.688. The van der Waals surface area contributed by atoms with Gasteiger partial charge in [-0.15, -0.1) is 0 Å². The summed E-state index contributed by atoms with van der Waals surface area (Å²) in [6, 6.07) is 16.8. The zero-order valence-electron chi connectivity index (χ0n) is 12.0. The standard InChI is InChI=1S/C18H19N3/c1-2-8-15(9-3-1)19-20-17-11-13-21-12-5-7-14-6-4-10-16(17)18(14)21/h1-4,6,8-10,19H,5,7,11-13H2. The summed E-state index contributed by atoms with van der Waals surface area (Å²) in [5.74, 6) is 0. The number of aryl methyl sites for hydroxylation is 1. The molecule has 0 aromatic heterocycles. The second-order valence-corrected chi connectivity index (χ2v) is 5.69. The van der Waals surface area contributed by atoms with Gasteiger partial charge in [0, 0.05) is 30.8 Å². The zero-order chi connectivity index (χ0) is 14.1. The largest absolute Gasteiger partial charge is 0.370 e. The van der Waals surface area contributed by atoms with Crippen LogP contribution < -0.4 is 10.3 Å². The van der Waals surface area contributed by atoms with E-state index in [0.717, 1.165) is 18.7 Å². The Hall–Kier alpha value is -2.29. The highest BCUT2D eigenvalue weighted by Crippen LogP contribution is 2.35. The Balaban J connectivity index is 1.69. The Morgan fingerprint density at radius 3 is 2.71 bits per heavy atom. The number of rotatable bonds is 2. The first-order valence-corrected chi connectivity index (χ1v) is 7.67. The highest BCUT2D eigenvalue weighted by atomic mass is 15.3. The highest BCUT2D eigenvalue weighted by Gasteiger charge is 2.26. The summed E-state index contributed by atoms with van der Waals surface area (Å²) in [5.41, 5.74) is 9.61. The molecule has 0 unspecified atom stereocenters. The fraction of sp³-hybridized carbons (Fsp3) is 0.278. The average molecular weight is 277 g/mol. The van der Waals surface area contributed by atoms with Crippen LogP contribution in [0.5, 0.6) is 0 Å². The molecule has 1 N–H and O–H groups in total. The summed E-state index contributed by atoms with van der Waals surface area (Å²) in [7, 11) is 0. The molecule has 3 nitrogen and oxygen atoms in total. The Morgan fingerprint density at radius 1 is 0.905 bits per heavy atom. The normalized spacial score (nSPS) is 18.5. The molecule has 2 heterocycles. The molecule has 0 bridgehead atoms. The van der Waals surface area contributed by atoms with Crippen molar-refractivity contribution >= 4 is 17.1 Å². The van der Waals surface area contributed by atoms with Crippen LogP contribution in [0.3, 0.4) is 0 Å². The molecular formula is C18H19N3. The van der Waals surface area contributed by atoms with Gasteiger partial charge in [0.2, 0.25) is 0 Å². The highest BCUT2D eigenvalue weighted by molar-refractivity contribution is 6.08. The smallest absolute Gasteiger partial charge is 0.0717 e. The topological polar surface area (TPSA) is 27.6 Å². The molecule has 0 aliphatic carbocycles. The van der Waals surface area contributed by atoms with Crippen LogP contribution in [0.1, 0.15) is 24.0 Å². The molecule has 2 aliphatic heterocycles. The van der Waals surface area contributed by atoms with E-state index in [9.17, 15) is 0 Å². The lowest BCUT2D eigenvalue weighted by Gasteiger charge is -2.37. The van der Waals surface area contributed by atoms with Crippen LogP contribution in [0, 0.1) is 0 Å². The lowest BCUT2D eigenvalue weighted by atomic mass is 9.91. The maximum Gasteiger partial charge on any atom is 0.0717 e. The lowest BCUT2D eigenvalue weighted by Crippen LogP contribution is -2.37. The van der Waals surface area contributed by atoms with E-state index in [2.05, 4.69) is 33.6 Å². The number of hydrogen-bond donors (Lipinski definition) is 1. The van der Waals surface area contributed by atoms with Gasteiger partial charge in [0.1, 0.15) is 0 Å². The predicted octanol–water partition coefficient (Wildman–Crippen LogP) is 3.66. The monoisotopic (exact) mass is 277 g/mol. The van der Waals surface area contributed by atoms with E-state index in [-0.39, 0.29) is 0 Å². The van der Waals surface area contributed by atoms with Crippen molar-refractivity contribution in [3.63, 3.8) is 0 Å². The first kappa shape index (κ1) is 12.5. The third kappa shape index (κ3) is 2.29. The molecule has 0 saturated carbocycles. The van der Waals surface area contributed by atoms with Gasteiger partial charge in [-0.1, -0.05) is 36.4 Å². The molecule has 2 aromatic rings. The first-order valence-electron chi connectivity index (χ1n) is 7.67. The summed E-state index contributed by atoms with van der Waals surface area (Å²) in [6.07, 6.45) is 3.47. The summed E-state index contributed by atoms with van der Waals surface area (Å²) in [5, 5.41) is 4.67. The minimum atomic E-state index is 1.01. The van der Waals surface area contributed by atoms with E-state index in [1.165, 1.54) is 41.9 Å². The molecule has 0 saturated heterocycles. The van der Waals surface area contributed by atoms with Crippen LogP contribution in [0.15, 0.2) is 53.6 Å². The molecule has 3 heteroatoms. The van der Waals surface area contributed by atoms with Gasteiger partial charge in [0.25, 0.3) is 0 Å². The van der Waals surface area contributed by atoms with E-state index in [0.29, 0.717) is 0 Å². The van der Waals surface area contributed by atoms with Gasteiger partial charge in [-0.25, -0.2) is 0 Å². The second-order valence-electron chi connectivity index (χ2n) is 5.69. The van der Waals surface area contributed by atoms with E-state index in [1.807, 2.05) is 30.3 Å². The van der Waals surface area contributed by atoms with Crippen molar-refractivity contribution in [2.45, 2.75) is 19.3 Å². The van der Waals surface area contributed by atoms with Crippen LogP contribution in [-0.2, 0) is 6.42 Å². The summed E-state index contributed by atoms with van der Waals surface area (Å²) in [6.45, 7) is 2.27. The van der Waals surface area contributed by atoms with Crippen molar-refractivity contribution < 1.29 is 0 Å². The summed E-state index contributed by atoms with van der Waals surface area (Å²) >= 11 is 0. The van der Waals surface area contributed by atoms with Gasteiger partial charge in [0.15, 0.2) is 0 Å². The fourth-order valence-electron chi connectivity index (χ4n) is 3.33. The summed E-state index contributed by atoms with van der Waals surface area (Å²) < 4.78 is 0. The third-order valence-corrected chi connectivity index (χ3v) is 4.33. The Labute approximate surface area is 125 Å². The quantitative estimate of drug-likeness (QED) is 0.848. The Kier molecular flexibility index (Phi) is 3.11. The van der Waals surface area contributed by atoms with Crippen molar-refractivity contribution in [3.8, 4) is 0 Å². The maximum atomic E-state index is 4.67. The third-order valence-electron chi connectivity index (χ3n) is 4.33. The van der Waals surface area contributed by atoms with Crippen LogP contribution >= 0.6 is 0 Å². The fourth-order valence-corrected chi connectivity index (χ4v) is 3.33. The zero-order valence-corrected chi connectivity index (χ0v) is 12.0. The van der Waals surface area contributed by atoms with Crippen molar-refractivity contribution in [2.24, 2.45) is 5.10 Å². The molecule has 0 fully saturated rings. The summed E-state index contributed by atoms with van der Waals surface area (Å²) in [4.78, 5) is 2.52. The van der Waals surface area contributed by atoms with Gasteiger partial charge in [-0.05, 0) is 30.5 Å². The molecule has 21 heavy (non-hydrogen) atoms. The van der Waals surface area contributed by atoms with E-state index in [4.69, 9.17) is 0 Å². The second kappa shape index (κ2) is 5.24. The van der Waals surface area contributed by atoms with Crippen molar-refractivity contribution in [1.29, 1.82) is 0 Å². The Morgan fingerprint density at radius 2 is 1.81 bits per heavy atom. The van der Waals surface area contributed by atoms with Crippen molar-refractivity contribution in [3.05, 3.63) is 59.7 Å². The molecular weight excluding hydrogens is 258 g/mol. The van der Waals surface area contributed by atoms with E-state index in [1.54, 1.807) is 0 Å². The Bertz CT molecular complexity index is 676. The number of nitrogens with zero attached hydrogens (tertiary/aromatic N) is 2. The number of para-hydroxylation sites is 2. The van der Waals surface area contributed by atoms with Crippen molar-refractivity contribution in [2.75, 3.05) is 23.4 Å². The molecule has 0 amide bonds. The molecule has 4 rings (SSSR count).